The molecule has 3 rings (SSSR count). The Bertz CT molecular complexity index is 596. The average molecular weight is 294 g/mol. The van der Waals surface area contributed by atoms with E-state index < -0.39 is 0 Å². The second-order valence-electron chi connectivity index (χ2n) is 4.90. The number of rotatable bonds is 6. The quantitative estimate of drug-likeness (QED) is 0.886. The molecule has 106 valence electrons. The minimum Gasteiger partial charge on any atom is -0.485 e. The highest BCUT2D eigenvalue weighted by Crippen LogP contribution is 2.38. The summed E-state index contributed by atoms with van der Waals surface area (Å²) < 4.78 is 10.9. The van der Waals surface area contributed by atoms with Crippen LogP contribution in [-0.4, -0.2) is 16.7 Å². The maximum atomic E-state index is 5.98. The van der Waals surface area contributed by atoms with Crippen LogP contribution in [0.25, 0.3) is 0 Å². The normalized spacial score (nSPS) is 14.5. The zero-order chi connectivity index (χ0) is 13.9. The lowest BCUT2D eigenvalue weighted by Gasteiger charge is -2.09. The Morgan fingerprint density at radius 3 is 3.00 bits per heavy atom. The maximum absolute atomic E-state index is 5.98. The smallest absolute Gasteiger partial charge is 0.229 e. The lowest BCUT2D eigenvalue weighted by Crippen LogP contribution is -2.06. The third kappa shape index (κ3) is 3.11. The van der Waals surface area contributed by atoms with Crippen LogP contribution in [0.5, 0.6) is 5.75 Å². The fourth-order valence-electron chi connectivity index (χ4n) is 2.00. The molecule has 2 N–H and O–H groups in total. The molecule has 1 heterocycles. The van der Waals surface area contributed by atoms with Gasteiger partial charge in [0.05, 0.1) is 0 Å². The van der Waals surface area contributed by atoms with E-state index in [0.717, 1.165) is 36.5 Å². The summed E-state index contributed by atoms with van der Waals surface area (Å²) in [7, 11) is 0. The number of hydrogen-bond donors (Lipinski definition) is 1. The monoisotopic (exact) mass is 293 g/mol. The Balaban J connectivity index is 1.67. The first-order chi connectivity index (χ1) is 9.76. The molecule has 20 heavy (non-hydrogen) atoms. The highest BCUT2D eigenvalue weighted by atomic mass is 35.5. The number of hydrogen-bond acceptors (Lipinski definition) is 5. The van der Waals surface area contributed by atoms with Gasteiger partial charge in [-0.15, -0.1) is 0 Å². The van der Waals surface area contributed by atoms with Crippen molar-refractivity contribution in [3.63, 3.8) is 0 Å². The van der Waals surface area contributed by atoms with E-state index >= 15 is 0 Å². The second kappa shape index (κ2) is 5.81. The summed E-state index contributed by atoms with van der Waals surface area (Å²) in [6.45, 7) is 0.833. The number of nitrogens with zero attached hydrogens (tertiary/aromatic N) is 2. The molecule has 0 atom stereocenters. The van der Waals surface area contributed by atoms with Gasteiger partial charge in [0.1, 0.15) is 5.75 Å². The Hall–Kier alpha value is -1.59. The summed E-state index contributed by atoms with van der Waals surface area (Å²) in [6, 6.07) is 5.51. The van der Waals surface area contributed by atoms with Crippen molar-refractivity contribution in [1.82, 2.24) is 10.1 Å². The van der Waals surface area contributed by atoms with Crippen LogP contribution >= 0.6 is 11.6 Å². The fourth-order valence-corrected chi connectivity index (χ4v) is 2.20. The largest absolute Gasteiger partial charge is 0.485 e. The molecule has 0 unspecified atom stereocenters. The van der Waals surface area contributed by atoms with Gasteiger partial charge in [-0.3, -0.25) is 0 Å². The molecule has 6 heteroatoms. The van der Waals surface area contributed by atoms with Crippen molar-refractivity contribution in [3.05, 3.63) is 40.5 Å². The van der Waals surface area contributed by atoms with Crippen molar-refractivity contribution in [2.45, 2.75) is 31.8 Å². The van der Waals surface area contributed by atoms with Gasteiger partial charge in [0.15, 0.2) is 6.61 Å². The summed E-state index contributed by atoms with van der Waals surface area (Å²) in [5, 5.41) is 4.60. The first-order valence-electron chi connectivity index (χ1n) is 6.70. The van der Waals surface area contributed by atoms with Crippen LogP contribution in [0.3, 0.4) is 0 Å². The van der Waals surface area contributed by atoms with Crippen LogP contribution in [0.4, 0.5) is 0 Å². The van der Waals surface area contributed by atoms with Crippen LogP contribution < -0.4 is 10.5 Å². The molecule has 0 saturated heterocycles. The minimum atomic E-state index is 0.287. The van der Waals surface area contributed by atoms with E-state index in [0.29, 0.717) is 23.3 Å². The van der Waals surface area contributed by atoms with Gasteiger partial charge in [0.2, 0.25) is 11.7 Å². The van der Waals surface area contributed by atoms with Crippen LogP contribution in [0, 0.1) is 0 Å². The van der Waals surface area contributed by atoms with Crippen LogP contribution in [0.2, 0.25) is 5.02 Å². The lowest BCUT2D eigenvalue weighted by molar-refractivity contribution is 0.282. The molecule has 0 bridgehead atoms. The number of ether oxygens (including phenoxy) is 1. The van der Waals surface area contributed by atoms with Crippen molar-refractivity contribution in [2.24, 2.45) is 5.73 Å². The lowest BCUT2D eigenvalue weighted by atomic mass is 10.1. The third-order valence-corrected chi connectivity index (χ3v) is 3.44. The summed E-state index contributed by atoms with van der Waals surface area (Å²) in [6.07, 6.45) is 3.00. The Labute approximate surface area is 122 Å². The van der Waals surface area contributed by atoms with Crippen molar-refractivity contribution in [2.75, 3.05) is 6.54 Å². The predicted octanol–water partition coefficient (Wildman–Crippen LogP) is 2.68. The van der Waals surface area contributed by atoms with Gasteiger partial charge in [-0.25, -0.2) is 0 Å². The maximum Gasteiger partial charge on any atom is 0.229 e. The molecule has 1 aromatic carbocycles. The fraction of sp³-hybridized carbons (Fsp3) is 0.429. The molecule has 1 aliphatic rings. The third-order valence-electron chi connectivity index (χ3n) is 3.20. The van der Waals surface area contributed by atoms with Crippen molar-refractivity contribution in [1.29, 1.82) is 0 Å². The molecule has 1 aliphatic carbocycles. The summed E-state index contributed by atoms with van der Waals surface area (Å²) in [4.78, 5) is 4.33. The summed E-state index contributed by atoms with van der Waals surface area (Å²) in [5.74, 6) is 2.51. The molecule has 0 spiro atoms. The molecular formula is C14H16ClN3O2. The molecule has 1 aromatic heterocycles. The van der Waals surface area contributed by atoms with E-state index in [2.05, 4.69) is 10.1 Å². The Kier molecular flexibility index (Phi) is 3.89. The van der Waals surface area contributed by atoms with Gasteiger partial charge >= 0.3 is 0 Å². The molecule has 0 amide bonds. The first-order valence-corrected chi connectivity index (χ1v) is 7.08. The predicted molar refractivity (Wildman–Crippen MR) is 74.8 cm³/mol. The standard InChI is InChI=1S/C14H16ClN3O2/c15-11-3-4-12(10(7-11)5-6-16)19-8-13-17-14(20-18-13)9-1-2-9/h3-4,7,9H,1-2,5-6,8,16H2. The van der Waals surface area contributed by atoms with Gasteiger partial charge < -0.3 is 15.0 Å². The molecule has 2 aromatic rings. The first kappa shape index (κ1) is 13.4. The van der Waals surface area contributed by atoms with Crippen LogP contribution in [0.1, 0.15) is 36.0 Å². The number of aromatic nitrogens is 2. The highest BCUT2D eigenvalue weighted by Gasteiger charge is 2.29. The van der Waals surface area contributed by atoms with E-state index in [-0.39, 0.29) is 6.61 Å². The van der Waals surface area contributed by atoms with Gasteiger partial charge in [0.25, 0.3) is 0 Å². The van der Waals surface area contributed by atoms with E-state index in [9.17, 15) is 0 Å². The van der Waals surface area contributed by atoms with E-state index in [1.807, 2.05) is 12.1 Å². The summed E-state index contributed by atoms with van der Waals surface area (Å²) in [5.41, 5.74) is 6.58. The molecule has 1 saturated carbocycles. The van der Waals surface area contributed by atoms with Crippen LogP contribution in [-0.2, 0) is 13.0 Å². The summed E-state index contributed by atoms with van der Waals surface area (Å²) >= 11 is 5.98. The van der Waals surface area contributed by atoms with Crippen molar-refractivity contribution < 1.29 is 9.26 Å². The molecule has 0 aliphatic heterocycles. The van der Waals surface area contributed by atoms with E-state index in [1.54, 1.807) is 6.07 Å². The topological polar surface area (TPSA) is 74.2 Å². The second-order valence-corrected chi connectivity index (χ2v) is 5.34. The average Bonchev–Trinajstić information content (AvgIpc) is 3.18. The Morgan fingerprint density at radius 1 is 1.40 bits per heavy atom. The number of nitrogens with two attached hydrogens (primary N) is 1. The van der Waals surface area contributed by atoms with Crippen LogP contribution in [0.15, 0.2) is 22.7 Å². The van der Waals surface area contributed by atoms with Gasteiger partial charge in [-0.2, -0.15) is 4.98 Å². The van der Waals surface area contributed by atoms with Gasteiger partial charge in [-0.1, -0.05) is 16.8 Å². The van der Waals surface area contributed by atoms with Gasteiger partial charge in [-0.05, 0) is 49.6 Å². The zero-order valence-corrected chi connectivity index (χ0v) is 11.8. The molecule has 0 radical (unpaired) electrons. The SMILES string of the molecule is NCCc1cc(Cl)ccc1OCc1noc(C2CC2)n1. The Morgan fingerprint density at radius 2 is 2.25 bits per heavy atom. The van der Waals surface area contributed by atoms with E-state index in [4.69, 9.17) is 26.6 Å². The minimum absolute atomic E-state index is 0.287. The number of benzene rings is 1. The van der Waals surface area contributed by atoms with Crippen molar-refractivity contribution >= 4 is 11.6 Å². The van der Waals surface area contributed by atoms with E-state index in [1.165, 1.54) is 0 Å². The highest BCUT2D eigenvalue weighted by molar-refractivity contribution is 6.30. The molecule has 1 fully saturated rings. The molecular weight excluding hydrogens is 278 g/mol. The number of halogens is 1. The molecule has 5 nitrogen and oxygen atoms in total. The zero-order valence-electron chi connectivity index (χ0n) is 11.0. The van der Waals surface area contributed by atoms with Gasteiger partial charge in [0, 0.05) is 10.9 Å². The van der Waals surface area contributed by atoms with Crippen molar-refractivity contribution in [3.8, 4) is 5.75 Å².